The lowest BCUT2D eigenvalue weighted by Gasteiger charge is -2.26. The maximum absolute atomic E-state index is 12.4. The molecule has 0 spiro atoms. The fraction of sp³-hybridized carbons (Fsp3) is 0.375. The average Bonchev–Trinajstić information content (AvgIpc) is 2.77. The first-order valence-corrected chi connectivity index (χ1v) is 7.04. The van der Waals surface area contributed by atoms with Crippen LogP contribution in [0.1, 0.15) is 35.8 Å². The number of amides is 1. The number of rotatable bonds is 3. The predicted molar refractivity (Wildman–Crippen MR) is 77.4 cm³/mol. The van der Waals surface area contributed by atoms with Gasteiger partial charge in [-0.3, -0.25) is 9.59 Å². The standard InChI is InChI=1S/C16H18N2O2/c1-2-10(16(17)20)9-7-13-15(14(19)8-9)11-5-3-4-6-12(11)18-13/h3-6,9-10,18H,2,7-8H2,1H3,(H2,17,20). The minimum absolute atomic E-state index is 0.0190. The van der Waals surface area contributed by atoms with Crippen LogP contribution in [0, 0.1) is 11.8 Å². The lowest BCUT2D eigenvalue weighted by molar-refractivity contribution is -0.123. The Morgan fingerprint density at radius 1 is 1.40 bits per heavy atom. The van der Waals surface area contributed by atoms with Gasteiger partial charge in [-0.1, -0.05) is 25.1 Å². The Hall–Kier alpha value is -2.10. The Morgan fingerprint density at radius 3 is 2.85 bits per heavy atom. The summed E-state index contributed by atoms with van der Waals surface area (Å²) in [5, 5.41) is 0.984. The summed E-state index contributed by atoms with van der Waals surface area (Å²) >= 11 is 0. The maximum Gasteiger partial charge on any atom is 0.220 e. The van der Waals surface area contributed by atoms with Gasteiger partial charge in [-0.2, -0.15) is 0 Å². The SMILES string of the molecule is CCC(C(N)=O)C1CC(=O)c2c([nH]c3ccccc23)C1. The molecule has 1 amide bonds. The van der Waals surface area contributed by atoms with Crippen LogP contribution in [-0.2, 0) is 11.2 Å². The highest BCUT2D eigenvalue weighted by Crippen LogP contribution is 2.35. The van der Waals surface area contributed by atoms with Gasteiger partial charge in [0.15, 0.2) is 5.78 Å². The van der Waals surface area contributed by atoms with Crippen molar-refractivity contribution in [2.24, 2.45) is 17.6 Å². The van der Waals surface area contributed by atoms with E-state index >= 15 is 0 Å². The molecule has 0 saturated heterocycles. The molecule has 104 valence electrons. The van der Waals surface area contributed by atoms with Gasteiger partial charge in [0.1, 0.15) is 0 Å². The highest BCUT2D eigenvalue weighted by atomic mass is 16.1. The van der Waals surface area contributed by atoms with E-state index in [2.05, 4.69) is 4.98 Å². The van der Waals surface area contributed by atoms with Gasteiger partial charge in [0, 0.05) is 34.5 Å². The van der Waals surface area contributed by atoms with Crippen molar-refractivity contribution in [1.82, 2.24) is 4.98 Å². The number of carbonyl (C=O) groups excluding carboxylic acids is 2. The van der Waals surface area contributed by atoms with Crippen LogP contribution in [0.3, 0.4) is 0 Å². The zero-order chi connectivity index (χ0) is 14.3. The molecule has 3 rings (SSSR count). The van der Waals surface area contributed by atoms with E-state index in [4.69, 9.17) is 5.73 Å². The van der Waals surface area contributed by atoms with E-state index in [1.807, 2.05) is 31.2 Å². The smallest absolute Gasteiger partial charge is 0.220 e. The Bertz CT molecular complexity index is 687. The van der Waals surface area contributed by atoms with E-state index in [9.17, 15) is 9.59 Å². The van der Waals surface area contributed by atoms with Crippen molar-refractivity contribution in [3.63, 3.8) is 0 Å². The monoisotopic (exact) mass is 270 g/mol. The molecule has 4 nitrogen and oxygen atoms in total. The predicted octanol–water partition coefficient (Wildman–Crippen LogP) is 2.42. The second kappa shape index (κ2) is 4.78. The number of hydrogen-bond acceptors (Lipinski definition) is 2. The fourth-order valence-corrected chi connectivity index (χ4v) is 3.40. The third kappa shape index (κ3) is 1.92. The molecule has 4 heteroatoms. The summed E-state index contributed by atoms with van der Waals surface area (Å²) in [7, 11) is 0. The number of Topliss-reactive ketones (excluding diaryl/α,β-unsaturated/α-hetero) is 1. The van der Waals surface area contributed by atoms with Gasteiger partial charge in [0.05, 0.1) is 0 Å². The average molecular weight is 270 g/mol. The Labute approximate surface area is 117 Å². The minimum Gasteiger partial charge on any atom is -0.369 e. The van der Waals surface area contributed by atoms with Gasteiger partial charge in [0.25, 0.3) is 0 Å². The third-order valence-electron chi connectivity index (χ3n) is 4.35. The number of primary amides is 1. The molecule has 2 atom stereocenters. The Kier molecular flexibility index (Phi) is 3.08. The summed E-state index contributed by atoms with van der Waals surface area (Å²) in [5.41, 5.74) is 8.20. The highest BCUT2D eigenvalue weighted by Gasteiger charge is 2.34. The largest absolute Gasteiger partial charge is 0.369 e. The first kappa shape index (κ1) is 12.9. The first-order chi connectivity index (χ1) is 9.61. The molecule has 1 aliphatic carbocycles. The van der Waals surface area contributed by atoms with Crippen LogP contribution in [0.2, 0.25) is 0 Å². The second-order valence-electron chi connectivity index (χ2n) is 5.53. The van der Waals surface area contributed by atoms with Crippen LogP contribution < -0.4 is 5.73 Å². The zero-order valence-corrected chi connectivity index (χ0v) is 11.5. The number of aromatic amines is 1. The fourth-order valence-electron chi connectivity index (χ4n) is 3.40. The van der Waals surface area contributed by atoms with E-state index < -0.39 is 0 Å². The number of ketones is 1. The Balaban J connectivity index is 2.03. The van der Waals surface area contributed by atoms with Crippen molar-refractivity contribution in [3.8, 4) is 0 Å². The maximum atomic E-state index is 12.4. The normalized spacial score (nSPS) is 19.9. The van der Waals surface area contributed by atoms with Crippen LogP contribution in [-0.4, -0.2) is 16.7 Å². The van der Waals surface area contributed by atoms with Gasteiger partial charge in [-0.15, -0.1) is 0 Å². The van der Waals surface area contributed by atoms with E-state index in [0.29, 0.717) is 12.8 Å². The molecule has 20 heavy (non-hydrogen) atoms. The molecule has 1 aromatic heterocycles. The molecule has 2 unspecified atom stereocenters. The Morgan fingerprint density at radius 2 is 2.15 bits per heavy atom. The van der Waals surface area contributed by atoms with Gasteiger partial charge in [-0.05, 0) is 24.8 Å². The summed E-state index contributed by atoms with van der Waals surface area (Å²) in [5.74, 6) is -0.387. The summed E-state index contributed by atoms with van der Waals surface area (Å²) in [6.07, 6.45) is 1.82. The number of para-hydroxylation sites is 1. The number of benzene rings is 1. The number of fused-ring (bicyclic) bond motifs is 3. The topological polar surface area (TPSA) is 76.0 Å². The van der Waals surface area contributed by atoms with E-state index in [0.717, 1.165) is 28.6 Å². The molecule has 0 fully saturated rings. The molecular weight excluding hydrogens is 252 g/mol. The molecular formula is C16H18N2O2. The molecule has 3 N–H and O–H groups in total. The number of nitrogens with one attached hydrogen (secondary N) is 1. The molecule has 1 aromatic carbocycles. The quantitative estimate of drug-likeness (QED) is 0.898. The van der Waals surface area contributed by atoms with Crippen LogP contribution in [0.15, 0.2) is 24.3 Å². The van der Waals surface area contributed by atoms with Crippen molar-refractivity contribution in [1.29, 1.82) is 0 Å². The number of aromatic nitrogens is 1. The highest BCUT2D eigenvalue weighted by molar-refractivity contribution is 6.10. The summed E-state index contributed by atoms with van der Waals surface area (Å²) in [4.78, 5) is 27.3. The minimum atomic E-state index is -0.301. The van der Waals surface area contributed by atoms with Crippen LogP contribution in [0.5, 0.6) is 0 Å². The number of nitrogens with two attached hydrogens (primary N) is 1. The van der Waals surface area contributed by atoms with E-state index in [1.165, 1.54) is 0 Å². The van der Waals surface area contributed by atoms with Crippen molar-refractivity contribution in [2.45, 2.75) is 26.2 Å². The summed E-state index contributed by atoms with van der Waals surface area (Å²) < 4.78 is 0. The van der Waals surface area contributed by atoms with Gasteiger partial charge >= 0.3 is 0 Å². The second-order valence-corrected chi connectivity index (χ2v) is 5.53. The number of H-pyrrole nitrogens is 1. The lowest BCUT2D eigenvalue weighted by atomic mass is 9.77. The van der Waals surface area contributed by atoms with Crippen molar-refractivity contribution in [2.75, 3.05) is 0 Å². The van der Waals surface area contributed by atoms with E-state index in [-0.39, 0.29) is 23.5 Å². The molecule has 0 radical (unpaired) electrons. The van der Waals surface area contributed by atoms with Crippen LogP contribution in [0.4, 0.5) is 0 Å². The van der Waals surface area contributed by atoms with Crippen molar-refractivity contribution >= 4 is 22.6 Å². The third-order valence-corrected chi connectivity index (χ3v) is 4.35. The molecule has 1 aliphatic rings. The number of carbonyl (C=O) groups is 2. The van der Waals surface area contributed by atoms with Crippen molar-refractivity contribution < 1.29 is 9.59 Å². The molecule has 2 aromatic rings. The molecule has 1 heterocycles. The molecule has 0 bridgehead atoms. The first-order valence-electron chi connectivity index (χ1n) is 7.04. The van der Waals surface area contributed by atoms with Crippen LogP contribution in [0.25, 0.3) is 10.9 Å². The van der Waals surface area contributed by atoms with E-state index in [1.54, 1.807) is 0 Å². The van der Waals surface area contributed by atoms with Gasteiger partial charge < -0.3 is 10.7 Å². The number of hydrogen-bond donors (Lipinski definition) is 2. The van der Waals surface area contributed by atoms with Crippen molar-refractivity contribution in [3.05, 3.63) is 35.5 Å². The summed E-state index contributed by atoms with van der Waals surface area (Å²) in [6.45, 7) is 1.95. The summed E-state index contributed by atoms with van der Waals surface area (Å²) in [6, 6.07) is 7.83. The zero-order valence-electron chi connectivity index (χ0n) is 11.5. The van der Waals surface area contributed by atoms with Gasteiger partial charge in [-0.25, -0.2) is 0 Å². The lowest BCUT2D eigenvalue weighted by Crippen LogP contribution is -2.34. The molecule has 0 saturated carbocycles. The van der Waals surface area contributed by atoms with Crippen LogP contribution >= 0.6 is 0 Å². The molecule has 0 aliphatic heterocycles. The van der Waals surface area contributed by atoms with Gasteiger partial charge in [0.2, 0.25) is 5.91 Å².